The summed E-state index contributed by atoms with van der Waals surface area (Å²) >= 11 is 12.7. The summed E-state index contributed by atoms with van der Waals surface area (Å²) in [6.07, 6.45) is 5.01. The van der Waals surface area contributed by atoms with E-state index in [2.05, 4.69) is 5.32 Å². The van der Waals surface area contributed by atoms with Crippen molar-refractivity contribution in [2.45, 2.75) is 71.0 Å². The van der Waals surface area contributed by atoms with Gasteiger partial charge in [0.15, 0.2) is 0 Å². The highest BCUT2D eigenvalue weighted by Gasteiger charge is 2.29. The molecule has 2 aromatic rings. The number of carbonyl (C=O) groups excluding carboxylic acids is 2. The minimum Gasteiger partial charge on any atom is -0.494 e. The first-order valence-corrected chi connectivity index (χ1v) is 12.3. The number of aryl methyl sites for hydroxylation is 1. The number of halogens is 2. The molecular weight excluding hydrogens is 459 g/mol. The molecule has 0 saturated heterocycles. The fraction of sp³-hybridized carbons (Fsp3) is 0.462. The highest BCUT2D eigenvalue weighted by molar-refractivity contribution is 6.36. The van der Waals surface area contributed by atoms with E-state index in [0.717, 1.165) is 37.0 Å². The van der Waals surface area contributed by atoms with Crippen LogP contribution in [0.1, 0.15) is 56.6 Å². The lowest BCUT2D eigenvalue weighted by Gasteiger charge is -2.30. The number of rotatable bonds is 10. The van der Waals surface area contributed by atoms with Crippen molar-refractivity contribution >= 4 is 35.0 Å². The number of nitrogens with one attached hydrogen (secondary N) is 1. The molecule has 0 aromatic heterocycles. The molecule has 0 unspecified atom stereocenters. The maximum atomic E-state index is 13.2. The molecule has 1 saturated carbocycles. The third-order valence-electron chi connectivity index (χ3n) is 6.08. The van der Waals surface area contributed by atoms with Gasteiger partial charge in [-0.1, -0.05) is 59.8 Å². The molecule has 2 amide bonds. The van der Waals surface area contributed by atoms with Crippen molar-refractivity contribution in [1.82, 2.24) is 10.2 Å². The summed E-state index contributed by atoms with van der Waals surface area (Å²) in [5, 5.41) is 4.06. The van der Waals surface area contributed by atoms with Gasteiger partial charge in [0.2, 0.25) is 11.8 Å². The number of hydrogen-bond acceptors (Lipinski definition) is 3. The first kappa shape index (κ1) is 25.4. The van der Waals surface area contributed by atoms with Gasteiger partial charge in [0.25, 0.3) is 0 Å². The first-order chi connectivity index (χ1) is 15.8. The van der Waals surface area contributed by atoms with Crippen LogP contribution in [0.5, 0.6) is 5.75 Å². The number of nitrogens with zero attached hydrogens (tertiary/aromatic N) is 1. The molecule has 1 aliphatic rings. The molecule has 2 aromatic carbocycles. The Morgan fingerprint density at radius 3 is 2.36 bits per heavy atom. The van der Waals surface area contributed by atoms with E-state index in [4.69, 9.17) is 27.9 Å². The Labute approximate surface area is 206 Å². The number of carbonyl (C=O) groups is 2. The van der Waals surface area contributed by atoms with Crippen LogP contribution < -0.4 is 10.1 Å². The minimum atomic E-state index is -0.636. The van der Waals surface area contributed by atoms with Gasteiger partial charge in [-0.3, -0.25) is 9.59 Å². The Kier molecular flexibility index (Phi) is 9.45. The first-order valence-electron chi connectivity index (χ1n) is 11.6. The van der Waals surface area contributed by atoms with Crippen LogP contribution >= 0.6 is 23.2 Å². The van der Waals surface area contributed by atoms with Crippen molar-refractivity contribution < 1.29 is 14.3 Å². The lowest BCUT2D eigenvalue weighted by Crippen LogP contribution is -2.49. The highest BCUT2D eigenvalue weighted by atomic mass is 35.5. The number of hydrogen-bond donors (Lipinski definition) is 1. The van der Waals surface area contributed by atoms with E-state index in [1.165, 1.54) is 0 Å². The second kappa shape index (κ2) is 12.3. The molecule has 0 radical (unpaired) electrons. The Morgan fingerprint density at radius 1 is 1.09 bits per heavy atom. The van der Waals surface area contributed by atoms with E-state index in [1.54, 1.807) is 30.0 Å². The van der Waals surface area contributed by atoms with E-state index < -0.39 is 6.04 Å². The molecule has 3 rings (SSSR count). The van der Waals surface area contributed by atoms with Crippen LogP contribution in [0.4, 0.5) is 0 Å². The molecule has 178 valence electrons. The molecule has 33 heavy (non-hydrogen) atoms. The lowest BCUT2D eigenvalue weighted by molar-refractivity contribution is -0.141. The summed E-state index contributed by atoms with van der Waals surface area (Å²) in [5.74, 6) is 0.499. The average molecular weight is 491 g/mol. The summed E-state index contributed by atoms with van der Waals surface area (Å²) in [4.78, 5) is 27.7. The summed E-state index contributed by atoms with van der Waals surface area (Å²) in [6, 6.07) is 12.6. The van der Waals surface area contributed by atoms with Crippen LogP contribution in [0.25, 0.3) is 0 Å². The Bertz CT molecular complexity index is 923. The third kappa shape index (κ3) is 7.38. The molecule has 1 fully saturated rings. The minimum absolute atomic E-state index is 0.132. The quantitative estimate of drug-likeness (QED) is 0.419. The van der Waals surface area contributed by atoms with E-state index in [1.807, 2.05) is 31.2 Å². The van der Waals surface area contributed by atoms with E-state index in [9.17, 15) is 9.59 Å². The molecule has 1 atom stereocenters. The molecule has 0 heterocycles. The maximum Gasteiger partial charge on any atom is 0.242 e. The summed E-state index contributed by atoms with van der Waals surface area (Å²) < 4.78 is 5.75. The zero-order valence-electron chi connectivity index (χ0n) is 19.3. The zero-order chi connectivity index (χ0) is 23.8. The monoisotopic (exact) mass is 490 g/mol. The maximum absolute atomic E-state index is 13.2. The van der Waals surface area contributed by atoms with Crippen molar-refractivity contribution in [2.75, 3.05) is 6.61 Å². The van der Waals surface area contributed by atoms with Gasteiger partial charge in [0, 0.05) is 34.6 Å². The Hall–Kier alpha value is -2.24. The van der Waals surface area contributed by atoms with Gasteiger partial charge >= 0.3 is 0 Å². The van der Waals surface area contributed by atoms with Gasteiger partial charge < -0.3 is 15.0 Å². The fourth-order valence-electron chi connectivity index (χ4n) is 4.02. The Morgan fingerprint density at radius 2 is 1.73 bits per heavy atom. The van der Waals surface area contributed by atoms with Crippen molar-refractivity contribution in [3.63, 3.8) is 0 Å². The van der Waals surface area contributed by atoms with Crippen LogP contribution in [0.3, 0.4) is 0 Å². The standard InChI is InChI=1S/C26H32Cl2N2O3/c1-18-12-14-21(15-13-18)33-16-6-11-25(31)30(17-22-23(27)9-5-10-24(22)28)19(2)26(32)29-20-7-3-4-8-20/h5,9-10,12-15,19-20H,3-4,6-8,11,16-17H2,1-2H3,(H,29,32)/t19-/m1/s1. The zero-order valence-corrected chi connectivity index (χ0v) is 20.8. The second-order valence-corrected chi connectivity index (χ2v) is 9.47. The molecule has 5 nitrogen and oxygen atoms in total. The van der Waals surface area contributed by atoms with E-state index in [0.29, 0.717) is 28.6 Å². The van der Waals surface area contributed by atoms with Crippen LogP contribution in [-0.2, 0) is 16.1 Å². The number of ether oxygens (including phenoxy) is 1. The van der Waals surface area contributed by atoms with Crippen LogP contribution in [0, 0.1) is 6.92 Å². The normalized spacial score (nSPS) is 14.7. The van der Waals surface area contributed by atoms with Gasteiger partial charge in [-0.25, -0.2) is 0 Å². The summed E-state index contributed by atoms with van der Waals surface area (Å²) in [5.41, 5.74) is 1.81. The molecule has 7 heteroatoms. The van der Waals surface area contributed by atoms with Crippen molar-refractivity contribution in [3.05, 3.63) is 63.6 Å². The van der Waals surface area contributed by atoms with Crippen LogP contribution in [0.15, 0.2) is 42.5 Å². The topological polar surface area (TPSA) is 58.6 Å². The predicted molar refractivity (Wildman–Crippen MR) is 133 cm³/mol. The molecule has 1 aliphatic carbocycles. The molecule has 0 bridgehead atoms. The van der Waals surface area contributed by atoms with Gasteiger partial charge in [0.05, 0.1) is 6.61 Å². The van der Waals surface area contributed by atoms with Crippen molar-refractivity contribution in [2.24, 2.45) is 0 Å². The number of amides is 2. The van der Waals surface area contributed by atoms with Crippen molar-refractivity contribution in [3.8, 4) is 5.75 Å². The van der Waals surface area contributed by atoms with Crippen LogP contribution in [0.2, 0.25) is 10.0 Å². The smallest absolute Gasteiger partial charge is 0.242 e. The van der Waals surface area contributed by atoms with Gasteiger partial charge in [-0.2, -0.15) is 0 Å². The SMILES string of the molecule is Cc1ccc(OCCCC(=O)N(Cc2c(Cl)cccc2Cl)[C@H](C)C(=O)NC2CCCC2)cc1. The third-order valence-corrected chi connectivity index (χ3v) is 6.79. The van der Waals surface area contributed by atoms with E-state index in [-0.39, 0.29) is 30.8 Å². The van der Waals surface area contributed by atoms with Gasteiger partial charge in [-0.05, 0) is 57.4 Å². The van der Waals surface area contributed by atoms with E-state index >= 15 is 0 Å². The predicted octanol–water partition coefficient (Wildman–Crippen LogP) is 5.94. The molecule has 0 aliphatic heterocycles. The second-order valence-electron chi connectivity index (χ2n) is 8.65. The van der Waals surface area contributed by atoms with Gasteiger partial charge in [-0.15, -0.1) is 0 Å². The highest BCUT2D eigenvalue weighted by Crippen LogP contribution is 2.27. The molecule has 1 N–H and O–H groups in total. The van der Waals surface area contributed by atoms with Crippen molar-refractivity contribution in [1.29, 1.82) is 0 Å². The fourth-order valence-corrected chi connectivity index (χ4v) is 4.54. The largest absolute Gasteiger partial charge is 0.494 e. The Balaban J connectivity index is 1.64. The molecular formula is C26H32Cl2N2O3. The molecule has 0 spiro atoms. The number of benzene rings is 2. The summed E-state index contributed by atoms with van der Waals surface area (Å²) in [7, 11) is 0. The van der Waals surface area contributed by atoms with Crippen LogP contribution in [-0.4, -0.2) is 35.4 Å². The van der Waals surface area contributed by atoms with Gasteiger partial charge in [0.1, 0.15) is 11.8 Å². The summed E-state index contributed by atoms with van der Waals surface area (Å²) in [6.45, 7) is 4.37. The average Bonchev–Trinajstić information content (AvgIpc) is 3.30. The lowest BCUT2D eigenvalue weighted by atomic mass is 10.1.